The standard InChI is InChI=1S/C16H17FN4O3/c1-23-6-5-15-20-14(21-24-15)9-18-8-10-7-13(22)11-3-2-4-12(17)16(11)19-10/h2-4,7,18H,5-6,8-9H2,1H3,(H,19,22). The average molecular weight is 332 g/mol. The first-order chi connectivity index (χ1) is 11.7. The Labute approximate surface area is 136 Å². The van der Waals surface area contributed by atoms with E-state index >= 15 is 0 Å². The third-order valence-corrected chi connectivity index (χ3v) is 3.50. The number of aromatic amines is 1. The fourth-order valence-corrected chi connectivity index (χ4v) is 2.35. The van der Waals surface area contributed by atoms with Crippen molar-refractivity contribution in [3.05, 3.63) is 57.7 Å². The van der Waals surface area contributed by atoms with E-state index in [1.165, 1.54) is 18.2 Å². The number of halogens is 1. The summed E-state index contributed by atoms with van der Waals surface area (Å²) in [5, 5.41) is 7.27. The van der Waals surface area contributed by atoms with E-state index in [1.807, 2.05) is 0 Å². The van der Waals surface area contributed by atoms with E-state index in [0.29, 0.717) is 48.9 Å². The number of aromatic nitrogens is 3. The maximum atomic E-state index is 13.8. The van der Waals surface area contributed by atoms with Crippen LogP contribution >= 0.6 is 0 Å². The average Bonchev–Trinajstić information content (AvgIpc) is 3.02. The molecule has 0 aliphatic heterocycles. The molecule has 24 heavy (non-hydrogen) atoms. The quantitative estimate of drug-likeness (QED) is 0.681. The minimum Gasteiger partial charge on any atom is -0.384 e. The number of hydrogen-bond donors (Lipinski definition) is 2. The monoisotopic (exact) mass is 332 g/mol. The Morgan fingerprint density at radius 3 is 3.08 bits per heavy atom. The van der Waals surface area contributed by atoms with Gasteiger partial charge in [-0.05, 0) is 12.1 Å². The van der Waals surface area contributed by atoms with Crippen molar-refractivity contribution in [3.8, 4) is 0 Å². The molecular formula is C16H17FN4O3. The summed E-state index contributed by atoms with van der Waals surface area (Å²) < 4.78 is 23.8. The molecule has 0 amide bonds. The molecule has 0 unspecified atom stereocenters. The summed E-state index contributed by atoms with van der Waals surface area (Å²) in [6, 6.07) is 5.88. The van der Waals surface area contributed by atoms with Gasteiger partial charge < -0.3 is 19.6 Å². The first kappa shape index (κ1) is 16.3. The fraction of sp³-hybridized carbons (Fsp3) is 0.312. The van der Waals surface area contributed by atoms with Crippen molar-refractivity contribution in [2.75, 3.05) is 13.7 Å². The zero-order chi connectivity index (χ0) is 16.9. The first-order valence-electron chi connectivity index (χ1n) is 7.49. The number of para-hydroxylation sites is 1. The number of hydrogen-bond acceptors (Lipinski definition) is 6. The second-order valence-electron chi connectivity index (χ2n) is 5.27. The molecule has 0 aliphatic rings. The maximum Gasteiger partial charge on any atom is 0.229 e. The lowest BCUT2D eigenvalue weighted by Crippen LogP contribution is -2.17. The molecule has 3 rings (SSSR count). The molecule has 7 nitrogen and oxygen atoms in total. The van der Waals surface area contributed by atoms with Crippen LogP contribution in [0.5, 0.6) is 0 Å². The predicted molar refractivity (Wildman–Crippen MR) is 84.9 cm³/mol. The molecule has 2 aromatic heterocycles. The van der Waals surface area contributed by atoms with Gasteiger partial charge in [-0.2, -0.15) is 4.98 Å². The van der Waals surface area contributed by atoms with Gasteiger partial charge in [-0.1, -0.05) is 11.2 Å². The van der Waals surface area contributed by atoms with Gasteiger partial charge in [0.2, 0.25) is 5.89 Å². The molecule has 1 aromatic carbocycles. The van der Waals surface area contributed by atoms with Crippen LogP contribution < -0.4 is 10.7 Å². The van der Waals surface area contributed by atoms with Gasteiger partial charge in [0.25, 0.3) is 0 Å². The Hall–Kier alpha value is -2.58. The SMILES string of the molecule is COCCc1nc(CNCc2cc(=O)c3cccc(F)c3[nH]2)no1. The molecule has 0 saturated heterocycles. The van der Waals surface area contributed by atoms with Crippen molar-refractivity contribution >= 4 is 10.9 Å². The minimum absolute atomic E-state index is 0.211. The van der Waals surface area contributed by atoms with Gasteiger partial charge in [-0.3, -0.25) is 4.79 Å². The van der Waals surface area contributed by atoms with E-state index in [4.69, 9.17) is 9.26 Å². The topological polar surface area (TPSA) is 93.0 Å². The van der Waals surface area contributed by atoms with Crippen LogP contribution in [0, 0.1) is 5.82 Å². The molecular weight excluding hydrogens is 315 g/mol. The molecule has 3 aromatic rings. The number of methoxy groups -OCH3 is 1. The molecule has 0 atom stereocenters. The van der Waals surface area contributed by atoms with Crippen LogP contribution in [0.25, 0.3) is 10.9 Å². The second kappa shape index (κ2) is 7.33. The highest BCUT2D eigenvalue weighted by atomic mass is 19.1. The minimum atomic E-state index is -0.451. The van der Waals surface area contributed by atoms with Gasteiger partial charge in [0.05, 0.1) is 25.1 Å². The zero-order valence-corrected chi connectivity index (χ0v) is 13.1. The second-order valence-corrected chi connectivity index (χ2v) is 5.27. The van der Waals surface area contributed by atoms with Crippen LogP contribution in [0.2, 0.25) is 0 Å². The van der Waals surface area contributed by atoms with E-state index in [-0.39, 0.29) is 10.9 Å². The lowest BCUT2D eigenvalue weighted by atomic mass is 10.2. The maximum absolute atomic E-state index is 13.8. The Balaban J connectivity index is 1.64. The van der Waals surface area contributed by atoms with Crippen molar-refractivity contribution in [2.24, 2.45) is 0 Å². The van der Waals surface area contributed by atoms with Gasteiger partial charge in [-0.25, -0.2) is 4.39 Å². The van der Waals surface area contributed by atoms with E-state index in [0.717, 1.165) is 0 Å². The number of fused-ring (bicyclic) bond motifs is 1. The van der Waals surface area contributed by atoms with Gasteiger partial charge >= 0.3 is 0 Å². The molecule has 0 bridgehead atoms. The summed E-state index contributed by atoms with van der Waals surface area (Å²) in [5.74, 6) is 0.567. The van der Waals surface area contributed by atoms with E-state index in [2.05, 4.69) is 20.4 Å². The van der Waals surface area contributed by atoms with Crippen molar-refractivity contribution in [2.45, 2.75) is 19.5 Å². The molecule has 0 radical (unpaired) electrons. The van der Waals surface area contributed by atoms with Gasteiger partial charge in [0.1, 0.15) is 5.82 Å². The highest BCUT2D eigenvalue weighted by molar-refractivity contribution is 5.78. The molecule has 0 aliphatic carbocycles. The number of benzene rings is 1. The molecule has 0 spiro atoms. The van der Waals surface area contributed by atoms with E-state index < -0.39 is 5.82 Å². The molecule has 2 N–H and O–H groups in total. The first-order valence-corrected chi connectivity index (χ1v) is 7.49. The van der Waals surface area contributed by atoms with Crippen molar-refractivity contribution in [1.29, 1.82) is 0 Å². The van der Waals surface area contributed by atoms with Gasteiger partial charge in [-0.15, -0.1) is 0 Å². The van der Waals surface area contributed by atoms with Crippen molar-refractivity contribution in [1.82, 2.24) is 20.4 Å². The smallest absolute Gasteiger partial charge is 0.229 e. The number of ether oxygens (including phenoxy) is 1. The number of nitrogens with zero attached hydrogens (tertiary/aromatic N) is 2. The highest BCUT2D eigenvalue weighted by Crippen LogP contribution is 2.12. The van der Waals surface area contributed by atoms with Crippen molar-refractivity contribution < 1.29 is 13.7 Å². The van der Waals surface area contributed by atoms with E-state index in [1.54, 1.807) is 13.2 Å². The summed E-state index contributed by atoms with van der Waals surface area (Å²) in [4.78, 5) is 19.2. The lowest BCUT2D eigenvalue weighted by Gasteiger charge is -2.05. The van der Waals surface area contributed by atoms with Crippen molar-refractivity contribution in [3.63, 3.8) is 0 Å². The van der Waals surface area contributed by atoms with Crippen LogP contribution in [-0.2, 0) is 24.2 Å². The summed E-state index contributed by atoms with van der Waals surface area (Å²) in [6.07, 6.45) is 0.556. The van der Waals surface area contributed by atoms with Crippen LogP contribution in [0.15, 0.2) is 33.6 Å². The summed E-state index contributed by atoms with van der Waals surface area (Å²) in [6.45, 7) is 1.23. The Kier molecular flexibility index (Phi) is 4.97. The molecule has 126 valence electrons. The largest absolute Gasteiger partial charge is 0.384 e. The number of rotatable bonds is 7. The Bertz CT molecular complexity index is 890. The normalized spacial score (nSPS) is 11.2. The summed E-state index contributed by atoms with van der Waals surface area (Å²) in [7, 11) is 1.60. The molecule has 8 heteroatoms. The fourth-order valence-electron chi connectivity index (χ4n) is 2.35. The highest BCUT2D eigenvalue weighted by Gasteiger charge is 2.08. The van der Waals surface area contributed by atoms with Gasteiger partial charge in [0.15, 0.2) is 11.3 Å². The molecule has 0 saturated carbocycles. The summed E-state index contributed by atoms with van der Waals surface area (Å²) >= 11 is 0. The zero-order valence-electron chi connectivity index (χ0n) is 13.1. The van der Waals surface area contributed by atoms with Crippen LogP contribution in [0.1, 0.15) is 17.4 Å². The molecule has 2 heterocycles. The summed E-state index contributed by atoms with van der Waals surface area (Å²) in [5.41, 5.74) is 0.574. The van der Waals surface area contributed by atoms with Gasteiger partial charge in [0, 0.05) is 30.8 Å². The molecule has 0 fully saturated rings. The predicted octanol–water partition coefficient (Wildman–Crippen LogP) is 1.53. The van der Waals surface area contributed by atoms with Crippen LogP contribution in [0.3, 0.4) is 0 Å². The number of H-pyrrole nitrogens is 1. The Morgan fingerprint density at radius 1 is 1.38 bits per heavy atom. The lowest BCUT2D eigenvalue weighted by molar-refractivity contribution is 0.192. The van der Waals surface area contributed by atoms with E-state index in [9.17, 15) is 9.18 Å². The third-order valence-electron chi connectivity index (χ3n) is 3.50. The number of nitrogens with one attached hydrogen (secondary N) is 2. The Morgan fingerprint density at radius 2 is 2.25 bits per heavy atom. The number of pyridine rings is 1. The van der Waals surface area contributed by atoms with Crippen LogP contribution in [0.4, 0.5) is 4.39 Å². The third kappa shape index (κ3) is 3.66. The van der Waals surface area contributed by atoms with Crippen LogP contribution in [-0.4, -0.2) is 28.8 Å².